The second kappa shape index (κ2) is 10.3. The lowest BCUT2D eigenvalue weighted by atomic mass is 9.91. The van der Waals surface area contributed by atoms with Crippen molar-refractivity contribution in [1.29, 1.82) is 0 Å². The number of carbonyl (C=O) groups excluding carboxylic acids is 2. The molecule has 0 aromatic heterocycles. The van der Waals surface area contributed by atoms with Crippen LogP contribution in [0.4, 0.5) is 13.2 Å². The Bertz CT molecular complexity index is 800. The van der Waals surface area contributed by atoms with Gasteiger partial charge in [0.15, 0.2) is 0 Å². The summed E-state index contributed by atoms with van der Waals surface area (Å²) >= 11 is 0. The molecule has 0 aliphatic carbocycles. The van der Waals surface area contributed by atoms with E-state index >= 15 is 0 Å². The largest absolute Gasteiger partial charge is 0.416 e. The van der Waals surface area contributed by atoms with E-state index in [2.05, 4.69) is 22.1 Å². The van der Waals surface area contributed by atoms with Gasteiger partial charge in [0.1, 0.15) is 0 Å². The molecular weight excluding hydrogens is 411 g/mol. The van der Waals surface area contributed by atoms with Crippen molar-refractivity contribution in [2.24, 2.45) is 5.92 Å². The lowest BCUT2D eigenvalue weighted by Gasteiger charge is -2.37. The van der Waals surface area contributed by atoms with Gasteiger partial charge in [-0.05, 0) is 37.5 Å². The van der Waals surface area contributed by atoms with Gasteiger partial charge in [-0.1, -0.05) is 12.1 Å². The van der Waals surface area contributed by atoms with Gasteiger partial charge in [0.25, 0.3) is 5.91 Å². The molecule has 170 valence electrons. The van der Waals surface area contributed by atoms with Gasteiger partial charge in [-0.3, -0.25) is 14.5 Å². The number of hydrogen-bond donors (Lipinski definition) is 2. The van der Waals surface area contributed by atoms with Crippen molar-refractivity contribution in [2.75, 3.05) is 32.8 Å². The number of likely N-dealkylation sites (tertiary alicyclic amines) is 1. The normalized spacial score (nSPS) is 24.5. The molecule has 3 rings (SSSR count). The molecule has 2 saturated heterocycles. The molecule has 3 atom stereocenters. The van der Waals surface area contributed by atoms with Gasteiger partial charge >= 0.3 is 6.18 Å². The summed E-state index contributed by atoms with van der Waals surface area (Å²) < 4.78 is 44.0. The molecule has 0 radical (unpaired) electrons. The molecule has 2 amide bonds. The number of ether oxygens (including phenoxy) is 1. The first-order valence-electron chi connectivity index (χ1n) is 10.5. The summed E-state index contributed by atoms with van der Waals surface area (Å²) in [5.41, 5.74) is -1.04. The number of allylic oxidation sites excluding steroid dienone is 1. The highest BCUT2D eigenvalue weighted by molar-refractivity contribution is 5.96. The fraction of sp³-hybridized carbons (Fsp3) is 0.545. The maximum absolute atomic E-state index is 12.8. The van der Waals surface area contributed by atoms with E-state index in [0.29, 0.717) is 18.6 Å². The van der Waals surface area contributed by atoms with Gasteiger partial charge in [-0.15, -0.1) is 6.58 Å². The van der Waals surface area contributed by atoms with Crippen LogP contribution in [-0.4, -0.2) is 61.6 Å². The summed E-state index contributed by atoms with van der Waals surface area (Å²) in [6, 6.07) is 4.49. The molecule has 2 unspecified atom stereocenters. The van der Waals surface area contributed by atoms with Crippen molar-refractivity contribution in [1.82, 2.24) is 15.5 Å². The Balaban J connectivity index is 1.46. The summed E-state index contributed by atoms with van der Waals surface area (Å²) in [4.78, 5) is 26.8. The molecule has 1 aromatic rings. The second-order valence-electron chi connectivity index (χ2n) is 8.02. The van der Waals surface area contributed by atoms with E-state index in [1.54, 1.807) is 0 Å². The molecule has 1 aromatic carbocycles. The van der Waals surface area contributed by atoms with Gasteiger partial charge in [-0.25, -0.2) is 0 Å². The maximum atomic E-state index is 12.8. The zero-order valence-corrected chi connectivity index (χ0v) is 17.3. The molecule has 9 heteroatoms. The average Bonchev–Trinajstić information content (AvgIpc) is 3.20. The van der Waals surface area contributed by atoms with Crippen LogP contribution in [-0.2, 0) is 15.7 Å². The number of halogens is 3. The molecule has 31 heavy (non-hydrogen) atoms. The van der Waals surface area contributed by atoms with Crippen LogP contribution in [0.5, 0.6) is 0 Å². The van der Waals surface area contributed by atoms with Gasteiger partial charge < -0.3 is 15.4 Å². The fourth-order valence-corrected chi connectivity index (χ4v) is 4.29. The van der Waals surface area contributed by atoms with Crippen molar-refractivity contribution in [3.8, 4) is 0 Å². The van der Waals surface area contributed by atoms with Gasteiger partial charge in [0, 0.05) is 43.3 Å². The lowest BCUT2D eigenvalue weighted by Crippen LogP contribution is -2.47. The zero-order chi connectivity index (χ0) is 22.4. The average molecular weight is 439 g/mol. The smallest absolute Gasteiger partial charge is 0.381 e. The summed E-state index contributed by atoms with van der Waals surface area (Å²) in [7, 11) is 0. The first kappa shape index (κ1) is 23.3. The number of hydrogen-bond acceptors (Lipinski definition) is 4. The number of alkyl halides is 3. The number of carbonyl (C=O) groups is 2. The molecule has 2 aliphatic rings. The molecule has 6 nitrogen and oxygen atoms in total. The van der Waals surface area contributed by atoms with E-state index in [1.807, 2.05) is 6.08 Å². The molecule has 2 N–H and O–H groups in total. The Morgan fingerprint density at radius 1 is 1.29 bits per heavy atom. The zero-order valence-electron chi connectivity index (χ0n) is 17.3. The summed E-state index contributed by atoms with van der Waals surface area (Å²) in [5.74, 6) is -0.682. The predicted octanol–water partition coefficient (Wildman–Crippen LogP) is 2.61. The third-order valence-corrected chi connectivity index (χ3v) is 5.82. The molecular formula is C22H28F3N3O3. The van der Waals surface area contributed by atoms with E-state index in [0.717, 1.165) is 51.1 Å². The van der Waals surface area contributed by atoms with E-state index in [9.17, 15) is 22.8 Å². The topological polar surface area (TPSA) is 70.7 Å². The van der Waals surface area contributed by atoms with E-state index < -0.39 is 17.6 Å². The Labute approximate surface area is 179 Å². The van der Waals surface area contributed by atoms with Crippen molar-refractivity contribution >= 4 is 11.8 Å². The van der Waals surface area contributed by atoms with Crippen LogP contribution >= 0.6 is 0 Å². The highest BCUT2D eigenvalue weighted by Crippen LogP contribution is 2.29. The number of rotatable bonds is 7. The third kappa shape index (κ3) is 6.30. The van der Waals surface area contributed by atoms with Crippen LogP contribution in [0.2, 0.25) is 0 Å². The van der Waals surface area contributed by atoms with Gasteiger partial charge in [0.2, 0.25) is 5.91 Å². The summed E-state index contributed by atoms with van der Waals surface area (Å²) in [6.45, 7) is 6.58. The second-order valence-corrected chi connectivity index (χ2v) is 8.02. The summed E-state index contributed by atoms with van der Waals surface area (Å²) in [6.07, 6.45) is 0.0311. The number of benzene rings is 1. The quantitative estimate of drug-likeness (QED) is 0.641. The van der Waals surface area contributed by atoms with Gasteiger partial charge in [-0.2, -0.15) is 13.2 Å². The molecule has 2 fully saturated rings. The maximum Gasteiger partial charge on any atom is 0.416 e. The van der Waals surface area contributed by atoms with Crippen LogP contribution in [0.25, 0.3) is 0 Å². The Morgan fingerprint density at radius 3 is 2.84 bits per heavy atom. The first-order chi connectivity index (χ1) is 14.8. The molecule has 0 saturated carbocycles. The van der Waals surface area contributed by atoms with E-state index in [-0.39, 0.29) is 24.1 Å². The third-order valence-electron chi connectivity index (χ3n) is 5.82. The lowest BCUT2D eigenvalue weighted by molar-refractivity contribution is -0.137. The number of nitrogens with zero attached hydrogens (tertiary/aromatic N) is 1. The van der Waals surface area contributed by atoms with Crippen LogP contribution in [0.15, 0.2) is 36.9 Å². The SMILES string of the molecule is C=CCC1COCCC1N1CC[C@@H](NC(=O)CNC(=O)c2cccc(C(F)(F)F)c2)C1. The fourth-order valence-electron chi connectivity index (χ4n) is 4.29. The van der Waals surface area contributed by atoms with Crippen molar-refractivity contribution < 1.29 is 27.5 Å². The highest BCUT2D eigenvalue weighted by Gasteiger charge is 2.35. The molecule has 0 spiro atoms. The molecule has 0 bridgehead atoms. The number of amides is 2. The van der Waals surface area contributed by atoms with Crippen LogP contribution < -0.4 is 10.6 Å². The number of nitrogens with one attached hydrogen (secondary N) is 2. The van der Waals surface area contributed by atoms with Crippen molar-refractivity contribution in [3.05, 3.63) is 48.0 Å². The van der Waals surface area contributed by atoms with Crippen molar-refractivity contribution in [2.45, 2.75) is 37.5 Å². The van der Waals surface area contributed by atoms with Crippen LogP contribution in [0.1, 0.15) is 35.2 Å². The van der Waals surface area contributed by atoms with Crippen LogP contribution in [0, 0.1) is 5.92 Å². The monoisotopic (exact) mass is 439 g/mol. The Kier molecular flexibility index (Phi) is 7.72. The minimum absolute atomic E-state index is 0.0230. The molecule has 2 heterocycles. The van der Waals surface area contributed by atoms with E-state index in [1.165, 1.54) is 12.1 Å². The van der Waals surface area contributed by atoms with E-state index in [4.69, 9.17) is 4.74 Å². The summed E-state index contributed by atoms with van der Waals surface area (Å²) in [5, 5.41) is 5.30. The van der Waals surface area contributed by atoms with Gasteiger partial charge in [0.05, 0.1) is 18.7 Å². The Morgan fingerprint density at radius 2 is 2.10 bits per heavy atom. The van der Waals surface area contributed by atoms with Crippen molar-refractivity contribution in [3.63, 3.8) is 0 Å². The minimum Gasteiger partial charge on any atom is -0.381 e. The Hall–Kier alpha value is -2.39. The molecule has 2 aliphatic heterocycles. The standard InChI is InChI=1S/C22H28F3N3O3/c1-2-4-16-14-31-10-8-19(16)28-9-7-18(13-28)27-20(29)12-26-21(30)15-5-3-6-17(11-15)22(23,24)25/h2-3,5-6,11,16,18-19H,1,4,7-10,12-14H2,(H,26,30)(H,27,29)/t16?,18-,19?/m1/s1. The van der Waals surface area contributed by atoms with Crippen LogP contribution in [0.3, 0.4) is 0 Å². The first-order valence-corrected chi connectivity index (χ1v) is 10.5. The predicted molar refractivity (Wildman–Crippen MR) is 109 cm³/mol. The minimum atomic E-state index is -4.53. The highest BCUT2D eigenvalue weighted by atomic mass is 19.4.